The van der Waals surface area contributed by atoms with Gasteiger partial charge < -0.3 is 10.1 Å². The predicted octanol–water partition coefficient (Wildman–Crippen LogP) is -1.51. The molecule has 17 heavy (non-hydrogen) atoms. The van der Waals surface area contributed by atoms with E-state index in [9.17, 15) is 24.0 Å². The summed E-state index contributed by atoms with van der Waals surface area (Å²) in [5.74, 6) is -5.07. The van der Waals surface area contributed by atoms with Crippen LogP contribution in [0.3, 0.4) is 0 Å². The summed E-state index contributed by atoms with van der Waals surface area (Å²) in [5.41, 5.74) is 0. The zero-order valence-electron chi connectivity index (χ0n) is 9.10. The average Bonchev–Trinajstić information content (AvgIpc) is 2.43. The lowest BCUT2D eigenvalue weighted by atomic mass is 9.96. The van der Waals surface area contributed by atoms with E-state index < -0.39 is 41.6 Å². The Morgan fingerprint density at radius 1 is 1.24 bits per heavy atom. The van der Waals surface area contributed by atoms with E-state index in [1.807, 2.05) is 5.32 Å². The van der Waals surface area contributed by atoms with Gasteiger partial charge in [0.2, 0.25) is 0 Å². The van der Waals surface area contributed by atoms with Gasteiger partial charge in [0.15, 0.2) is 0 Å². The Morgan fingerprint density at radius 2 is 1.82 bits per heavy atom. The van der Waals surface area contributed by atoms with Gasteiger partial charge in [-0.25, -0.2) is 4.79 Å². The van der Waals surface area contributed by atoms with Crippen LogP contribution in [0.5, 0.6) is 0 Å². The minimum Gasteiger partial charge on any atom is -0.393 e. The molecule has 2 unspecified atom stereocenters. The van der Waals surface area contributed by atoms with Crippen LogP contribution in [0.1, 0.15) is 13.8 Å². The number of carbonyl (C=O) groups excluding carboxylic acids is 5. The molecule has 1 fully saturated rings. The molecule has 2 N–H and O–H groups in total. The molecule has 2 atom stereocenters. The van der Waals surface area contributed by atoms with Crippen molar-refractivity contribution < 1.29 is 28.7 Å². The standard InChI is InChI=1S/C9H10N2O6/c1-3(12)5(8(15)17-4(2)13)6-7(14)11-9(16)10-6/h5-6H,1-2H3,(H2,10,11,14,16). The molecule has 3 amide bonds. The van der Waals surface area contributed by atoms with E-state index in [2.05, 4.69) is 10.1 Å². The number of urea groups is 1. The van der Waals surface area contributed by atoms with Crippen molar-refractivity contribution >= 4 is 29.7 Å². The van der Waals surface area contributed by atoms with Crippen molar-refractivity contribution in [1.82, 2.24) is 10.6 Å². The third kappa shape index (κ3) is 2.86. The van der Waals surface area contributed by atoms with Crippen molar-refractivity contribution in [3.8, 4) is 0 Å². The van der Waals surface area contributed by atoms with Crippen LogP contribution in [0.4, 0.5) is 4.79 Å². The van der Waals surface area contributed by atoms with E-state index in [0.29, 0.717) is 0 Å². The molecular formula is C9H10N2O6. The van der Waals surface area contributed by atoms with Crippen molar-refractivity contribution in [2.75, 3.05) is 0 Å². The average molecular weight is 242 g/mol. The smallest absolute Gasteiger partial charge is 0.326 e. The molecule has 8 nitrogen and oxygen atoms in total. The van der Waals surface area contributed by atoms with Gasteiger partial charge in [-0.05, 0) is 6.92 Å². The fourth-order valence-electron chi connectivity index (χ4n) is 1.41. The van der Waals surface area contributed by atoms with Gasteiger partial charge in [-0.15, -0.1) is 0 Å². The largest absolute Gasteiger partial charge is 0.393 e. The van der Waals surface area contributed by atoms with E-state index in [0.717, 1.165) is 13.8 Å². The Hall–Kier alpha value is -2.25. The van der Waals surface area contributed by atoms with Crippen LogP contribution in [-0.2, 0) is 23.9 Å². The molecule has 0 aliphatic carbocycles. The molecule has 92 valence electrons. The Labute approximate surface area is 95.7 Å². The monoisotopic (exact) mass is 242 g/mol. The van der Waals surface area contributed by atoms with Gasteiger partial charge in [-0.2, -0.15) is 0 Å². The number of rotatable bonds is 3. The van der Waals surface area contributed by atoms with Gasteiger partial charge in [-0.1, -0.05) is 0 Å². The van der Waals surface area contributed by atoms with Crippen molar-refractivity contribution in [3.63, 3.8) is 0 Å². The van der Waals surface area contributed by atoms with E-state index in [1.54, 1.807) is 0 Å². The van der Waals surface area contributed by atoms with E-state index in [-0.39, 0.29) is 0 Å². The summed E-state index contributed by atoms with van der Waals surface area (Å²) in [6.07, 6.45) is 0. The topological polar surface area (TPSA) is 119 Å². The predicted molar refractivity (Wildman–Crippen MR) is 51.4 cm³/mol. The van der Waals surface area contributed by atoms with Gasteiger partial charge >= 0.3 is 18.0 Å². The number of ketones is 1. The number of Topliss-reactive ketones (excluding diaryl/α,β-unsaturated/α-hetero) is 1. The highest BCUT2D eigenvalue weighted by Crippen LogP contribution is 2.12. The summed E-state index contributed by atoms with van der Waals surface area (Å²) in [7, 11) is 0. The molecule has 1 aliphatic rings. The van der Waals surface area contributed by atoms with Crippen molar-refractivity contribution in [1.29, 1.82) is 0 Å². The van der Waals surface area contributed by atoms with Gasteiger partial charge in [0.1, 0.15) is 17.7 Å². The minimum absolute atomic E-state index is 0.682. The molecule has 0 saturated carbocycles. The zero-order chi connectivity index (χ0) is 13.2. The van der Waals surface area contributed by atoms with Crippen LogP contribution in [-0.4, -0.2) is 35.7 Å². The summed E-state index contributed by atoms with van der Waals surface area (Å²) in [6.45, 7) is 2.05. The van der Waals surface area contributed by atoms with E-state index >= 15 is 0 Å². The maximum atomic E-state index is 11.4. The second-order valence-electron chi connectivity index (χ2n) is 3.44. The normalized spacial score (nSPS) is 20.2. The highest BCUT2D eigenvalue weighted by atomic mass is 16.6. The summed E-state index contributed by atoms with van der Waals surface area (Å²) >= 11 is 0. The van der Waals surface area contributed by atoms with Crippen LogP contribution in [0.2, 0.25) is 0 Å². The van der Waals surface area contributed by atoms with E-state index in [4.69, 9.17) is 0 Å². The van der Waals surface area contributed by atoms with Gasteiger partial charge in [0.05, 0.1) is 0 Å². The maximum absolute atomic E-state index is 11.4. The second-order valence-corrected chi connectivity index (χ2v) is 3.44. The Balaban J connectivity index is 2.90. The molecule has 1 saturated heterocycles. The first-order chi connectivity index (χ1) is 7.82. The molecule has 1 rings (SSSR count). The first-order valence-electron chi connectivity index (χ1n) is 4.67. The first kappa shape index (κ1) is 12.8. The number of hydrogen-bond acceptors (Lipinski definition) is 6. The Morgan fingerprint density at radius 3 is 2.18 bits per heavy atom. The molecule has 0 radical (unpaired) electrons. The highest BCUT2D eigenvalue weighted by Gasteiger charge is 2.44. The molecule has 0 bridgehead atoms. The minimum atomic E-state index is -1.52. The van der Waals surface area contributed by atoms with Crippen molar-refractivity contribution in [2.45, 2.75) is 19.9 Å². The van der Waals surface area contributed by atoms with Crippen molar-refractivity contribution in [2.24, 2.45) is 5.92 Å². The molecular weight excluding hydrogens is 232 g/mol. The lowest BCUT2D eigenvalue weighted by Gasteiger charge is -2.15. The van der Waals surface area contributed by atoms with E-state index in [1.165, 1.54) is 0 Å². The van der Waals surface area contributed by atoms with Crippen LogP contribution >= 0.6 is 0 Å². The number of nitrogens with one attached hydrogen (secondary N) is 2. The molecule has 0 spiro atoms. The lowest BCUT2D eigenvalue weighted by molar-refractivity contribution is -0.163. The molecule has 0 aromatic heterocycles. The molecule has 1 aliphatic heterocycles. The summed E-state index contributed by atoms with van der Waals surface area (Å²) in [5, 5.41) is 3.98. The van der Waals surface area contributed by atoms with Crippen LogP contribution < -0.4 is 10.6 Å². The molecule has 1 heterocycles. The summed E-state index contributed by atoms with van der Waals surface area (Å²) in [4.78, 5) is 55.4. The van der Waals surface area contributed by atoms with Gasteiger partial charge in [0.25, 0.3) is 5.91 Å². The second kappa shape index (κ2) is 4.73. The molecule has 0 aromatic rings. The van der Waals surface area contributed by atoms with Crippen LogP contribution in [0.25, 0.3) is 0 Å². The maximum Gasteiger partial charge on any atom is 0.326 e. The fraction of sp³-hybridized carbons (Fsp3) is 0.444. The number of imide groups is 1. The lowest BCUT2D eigenvalue weighted by Crippen LogP contribution is -2.45. The summed E-state index contributed by atoms with van der Waals surface area (Å²) < 4.78 is 4.24. The van der Waals surface area contributed by atoms with Gasteiger partial charge in [0, 0.05) is 6.92 Å². The summed E-state index contributed by atoms with van der Waals surface area (Å²) in [6, 6.07) is -2.14. The fourth-order valence-corrected chi connectivity index (χ4v) is 1.41. The SMILES string of the molecule is CC(=O)OC(=O)C(C(C)=O)C1NC(=O)NC1=O. The number of amides is 3. The zero-order valence-corrected chi connectivity index (χ0v) is 9.10. The quantitative estimate of drug-likeness (QED) is 0.353. The first-order valence-corrected chi connectivity index (χ1v) is 4.67. The van der Waals surface area contributed by atoms with Crippen molar-refractivity contribution in [3.05, 3.63) is 0 Å². The number of hydrogen-bond donors (Lipinski definition) is 2. The number of ether oxygens (including phenoxy) is 1. The third-order valence-corrected chi connectivity index (χ3v) is 2.08. The molecule has 8 heteroatoms. The van der Waals surface area contributed by atoms with Crippen LogP contribution in [0, 0.1) is 5.92 Å². The number of carbonyl (C=O) groups is 5. The highest BCUT2D eigenvalue weighted by molar-refractivity contribution is 6.12. The third-order valence-electron chi connectivity index (χ3n) is 2.08. The van der Waals surface area contributed by atoms with Crippen LogP contribution in [0.15, 0.2) is 0 Å². The molecule has 0 aromatic carbocycles. The Bertz CT molecular complexity index is 416. The Kier molecular flexibility index (Phi) is 3.56. The van der Waals surface area contributed by atoms with Gasteiger partial charge in [-0.3, -0.25) is 24.5 Å². The number of esters is 2.